The van der Waals surface area contributed by atoms with E-state index in [9.17, 15) is 18.0 Å². The van der Waals surface area contributed by atoms with Crippen LogP contribution in [0.2, 0.25) is 0 Å². The van der Waals surface area contributed by atoms with Gasteiger partial charge in [-0.1, -0.05) is 17.3 Å². The second kappa shape index (κ2) is 7.89. The van der Waals surface area contributed by atoms with Gasteiger partial charge < -0.3 is 19.5 Å². The topological polar surface area (TPSA) is 67.6 Å². The van der Waals surface area contributed by atoms with E-state index in [2.05, 4.69) is 15.2 Å². The third-order valence-electron chi connectivity index (χ3n) is 4.43. The van der Waals surface area contributed by atoms with Gasteiger partial charge in [0, 0.05) is 31.6 Å². The summed E-state index contributed by atoms with van der Waals surface area (Å²) in [6.45, 7) is 3.31. The fraction of sp³-hybridized carbons (Fsp3) is 0.444. The quantitative estimate of drug-likeness (QED) is 0.868. The molecule has 2 heterocycles. The number of halogens is 3. The molecule has 1 saturated heterocycles. The Kier molecular flexibility index (Phi) is 5.57. The number of hydrogen-bond donors (Lipinski definition) is 1. The van der Waals surface area contributed by atoms with Gasteiger partial charge in [-0.3, -0.25) is 0 Å². The van der Waals surface area contributed by atoms with Crippen LogP contribution in [0.3, 0.4) is 0 Å². The average Bonchev–Trinajstić information content (AvgIpc) is 3.06. The van der Waals surface area contributed by atoms with E-state index in [1.807, 2.05) is 13.0 Å². The number of nitrogens with zero attached hydrogens (tertiary/aromatic N) is 2. The number of carbonyl (C=O) groups excluding carboxylic acids is 1. The van der Waals surface area contributed by atoms with E-state index in [1.165, 1.54) is 24.3 Å². The Bertz CT molecular complexity index is 766. The van der Waals surface area contributed by atoms with Crippen molar-refractivity contribution in [2.75, 3.05) is 13.1 Å². The number of ether oxygens (including phenoxy) is 1. The Morgan fingerprint density at radius 3 is 2.52 bits per heavy atom. The fourth-order valence-electron chi connectivity index (χ4n) is 3.04. The lowest BCUT2D eigenvalue weighted by atomic mass is 9.94. The Morgan fingerprint density at radius 2 is 1.96 bits per heavy atom. The number of urea groups is 1. The third-order valence-corrected chi connectivity index (χ3v) is 4.43. The average molecular weight is 383 g/mol. The van der Waals surface area contributed by atoms with Gasteiger partial charge in [0.05, 0.1) is 5.69 Å². The molecule has 1 aromatic carbocycles. The van der Waals surface area contributed by atoms with Crippen molar-refractivity contribution in [2.24, 2.45) is 0 Å². The Labute approximate surface area is 154 Å². The molecule has 1 aliphatic rings. The molecule has 0 atom stereocenters. The molecule has 6 nitrogen and oxygen atoms in total. The summed E-state index contributed by atoms with van der Waals surface area (Å²) in [6.07, 6.45) is -3.12. The van der Waals surface area contributed by atoms with Crippen molar-refractivity contribution in [2.45, 2.75) is 38.6 Å². The van der Waals surface area contributed by atoms with E-state index in [4.69, 9.17) is 4.52 Å². The highest BCUT2D eigenvalue weighted by Gasteiger charge is 2.31. The van der Waals surface area contributed by atoms with Crippen molar-refractivity contribution >= 4 is 6.03 Å². The molecule has 1 fully saturated rings. The second-order valence-corrected chi connectivity index (χ2v) is 6.48. The molecule has 2 amide bonds. The van der Waals surface area contributed by atoms with E-state index >= 15 is 0 Å². The van der Waals surface area contributed by atoms with Crippen molar-refractivity contribution in [1.29, 1.82) is 0 Å². The first-order chi connectivity index (χ1) is 12.8. The van der Waals surface area contributed by atoms with Crippen LogP contribution in [0, 0.1) is 6.92 Å². The summed E-state index contributed by atoms with van der Waals surface area (Å²) in [7, 11) is 0. The monoisotopic (exact) mass is 383 g/mol. The molecule has 1 aromatic heterocycles. The molecule has 27 heavy (non-hydrogen) atoms. The van der Waals surface area contributed by atoms with E-state index < -0.39 is 6.36 Å². The zero-order valence-electron chi connectivity index (χ0n) is 14.8. The number of hydrogen-bond acceptors (Lipinski definition) is 4. The standard InChI is InChI=1S/C18H20F3N3O3/c1-12-10-16(27-23-12)14-6-8-24(9-7-14)17(25)22-11-13-2-4-15(5-3-13)26-18(19,20)21/h2-5,10,14H,6-9,11H2,1H3,(H,22,25). The van der Waals surface area contributed by atoms with Gasteiger partial charge in [-0.2, -0.15) is 0 Å². The number of rotatable bonds is 4. The number of nitrogens with one attached hydrogen (secondary N) is 1. The number of piperidine rings is 1. The zero-order chi connectivity index (χ0) is 19.4. The van der Waals surface area contributed by atoms with Crippen LogP contribution in [-0.4, -0.2) is 35.5 Å². The van der Waals surface area contributed by atoms with Gasteiger partial charge in [0.15, 0.2) is 0 Å². The van der Waals surface area contributed by atoms with E-state index in [0.29, 0.717) is 18.7 Å². The first kappa shape index (κ1) is 19.1. The normalized spacial score (nSPS) is 15.6. The van der Waals surface area contributed by atoms with Crippen molar-refractivity contribution in [3.8, 4) is 5.75 Å². The van der Waals surface area contributed by atoms with Gasteiger partial charge in [-0.25, -0.2) is 4.79 Å². The molecule has 0 unspecified atom stereocenters. The van der Waals surface area contributed by atoms with Crippen molar-refractivity contribution < 1.29 is 27.2 Å². The van der Waals surface area contributed by atoms with Crippen LogP contribution in [0.15, 0.2) is 34.9 Å². The highest BCUT2D eigenvalue weighted by atomic mass is 19.4. The van der Waals surface area contributed by atoms with Crippen molar-refractivity contribution in [1.82, 2.24) is 15.4 Å². The summed E-state index contributed by atoms with van der Waals surface area (Å²) in [5.74, 6) is 0.826. The molecular weight excluding hydrogens is 363 g/mol. The first-order valence-electron chi connectivity index (χ1n) is 8.61. The maximum atomic E-state index is 12.3. The first-order valence-corrected chi connectivity index (χ1v) is 8.61. The Morgan fingerprint density at radius 1 is 1.30 bits per heavy atom. The highest BCUT2D eigenvalue weighted by Crippen LogP contribution is 2.28. The van der Waals surface area contributed by atoms with Crippen LogP contribution in [0.25, 0.3) is 0 Å². The van der Waals surface area contributed by atoms with Gasteiger partial charge in [-0.15, -0.1) is 13.2 Å². The predicted molar refractivity (Wildman–Crippen MR) is 90.1 cm³/mol. The predicted octanol–water partition coefficient (Wildman–Crippen LogP) is 3.97. The van der Waals surface area contributed by atoms with Crippen molar-refractivity contribution in [3.63, 3.8) is 0 Å². The molecule has 0 saturated carbocycles. The van der Waals surface area contributed by atoms with Crippen LogP contribution >= 0.6 is 0 Å². The molecule has 0 bridgehead atoms. The van der Waals surface area contributed by atoms with Crippen LogP contribution in [0.1, 0.15) is 35.8 Å². The molecule has 9 heteroatoms. The smallest absolute Gasteiger partial charge is 0.406 e. The Balaban J connectivity index is 1.44. The second-order valence-electron chi connectivity index (χ2n) is 6.48. The lowest BCUT2D eigenvalue weighted by molar-refractivity contribution is -0.274. The highest BCUT2D eigenvalue weighted by molar-refractivity contribution is 5.74. The molecule has 0 radical (unpaired) electrons. The summed E-state index contributed by atoms with van der Waals surface area (Å²) in [5.41, 5.74) is 1.53. The molecule has 1 N–H and O–H groups in total. The number of carbonyl (C=O) groups is 1. The van der Waals surface area contributed by atoms with Gasteiger partial charge in [0.25, 0.3) is 0 Å². The molecule has 146 valence electrons. The summed E-state index contributed by atoms with van der Waals surface area (Å²) in [5, 5.41) is 6.68. The zero-order valence-corrected chi connectivity index (χ0v) is 14.8. The van der Waals surface area contributed by atoms with E-state index in [0.717, 1.165) is 24.3 Å². The van der Waals surface area contributed by atoms with Crippen LogP contribution in [0.4, 0.5) is 18.0 Å². The van der Waals surface area contributed by atoms with Gasteiger partial charge in [0.2, 0.25) is 0 Å². The van der Waals surface area contributed by atoms with Crippen LogP contribution in [0.5, 0.6) is 5.75 Å². The summed E-state index contributed by atoms with van der Waals surface area (Å²) < 4.78 is 45.5. The molecule has 0 spiro atoms. The minimum atomic E-state index is -4.72. The largest absolute Gasteiger partial charge is 0.573 e. The minimum Gasteiger partial charge on any atom is -0.406 e. The molecule has 0 aliphatic carbocycles. The van der Waals surface area contributed by atoms with Crippen LogP contribution < -0.4 is 10.1 Å². The van der Waals surface area contributed by atoms with E-state index in [1.54, 1.807) is 4.90 Å². The molecular formula is C18H20F3N3O3. The number of aryl methyl sites for hydroxylation is 1. The summed E-state index contributed by atoms with van der Waals surface area (Å²) >= 11 is 0. The lowest BCUT2D eigenvalue weighted by Crippen LogP contribution is -2.43. The molecule has 3 rings (SSSR count). The SMILES string of the molecule is Cc1cc(C2CCN(C(=O)NCc3ccc(OC(F)(F)F)cc3)CC2)on1. The number of amides is 2. The van der Waals surface area contributed by atoms with Crippen molar-refractivity contribution in [3.05, 3.63) is 47.3 Å². The van der Waals surface area contributed by atoms with E-state index in [-0.39, 0.29) is 24.2 Å². The Hall–Kier alpha value is -2.71. The molecule has 1 aliphatic heterocycles. The lowest BCUT2D eigenvalue weighted by Gasteiger charge is -2.30. The maximum Gasteiger partial charge on any atom is 0.573 e. The molecule has 2 aromatic rings. The number of aromatic nitrogens is 1. The third kappa shape index (κ3) is 5.38. The number of likely N-dealkylation sites (tertiary alicyclic amines) is 1. The number of benzene rings is 1. The van der Waals surface area contributed by atoms with Crippen LogP contribution in [-0.2, 0) is 6.54 Å². The minimum absolute atomic E-state index is 0.196. The van der Waals surface area contributed by atoms with Gasteiger partial charge in [-0.05, 0) is 37.5 Å². The number of alkyl halides is 3. The fourth-order valence-corrected chi connectivity index (χ4v) is 3.04. The summed E-state index contributed by atoms with van der Waals surface area (Å²) in [6, 6.07) is 7.14. The summed E-state index contributed by atoms with van der Waals surface area (Å²) in [4.78, 5) is 14.0. The maximum absolute atomic E-state index is 12.3. The van der Waals surface area contributed by atoms with Gasteiger partial charge in [0.1, 0.15) is 11.5 Å². The van der Waals surface area contributed by atoms with Gasteiger partial charge >= 0.3 is 12.4 Å².